The van der Waals surface area contributed by atoms with Gasteiger partial charge in [-0.05, 0) is 29.8 Å². The highest BCUT2D eigenvalue weighted by Gasteiger charge is 2.24. The van der Waals surface area contributed by atoms with Gasteiger partial charge in [0.2, 0.25) is 5.91 Å². The van der Waals surface area contributed by atoms with Gasteiger partial charge in [-0.15, -0.1) is 0 Å². The molecule has 0 atom stereocenters. The summed E-state index contributed by atoms with van der Waals surface area (Å²) in [5.41, 5.74) is 0.701. The summed E-state index contributed by atoms with van der Waals surface area (Å²) in [5, 5.41) is 0. The molecular formula is C18H17F3N2O. The van der Waals surface area contributed by atoms with Crippen molar-refractivity contribution in [3.63, 3.8) is 0 Å². The Morgan fingerprint density at radius 2 is 1.46 bits per heavy atom. The van der Waals surface area contributed by atoms with Crippen molar-refractivity contribution in [3.8, 4) is 0 Å². The smallest absolute Gasteiger partial charge is 0.227 e. The first-order valence-electron chi connectivity index (χ1n) is 7.76. The van der Waals surface area contributed by atoms with Crippen LogP contribution in [-0.4, -0.2) is 37.0 Å². The van der Waals surface area contributed by atoms with E-state index in [4.69, 9.17) is 0 Å². The van der Waals surface area contributed by atoms with Crippen LogP contribution < -0.4 is 4.90 Å². The summed E-state index contributed by atoms with van der Waals surface area (Å²) in [6.07, 6.45) is 0.189. The van der Waals surface area contributed by atoms with E-state index in [0.29, 0.717) is 26.2 Å². The normalized spacial score (nSPS) is 14.8. The third-order valence-corrected chi connectivity index (χ3v) is 4.15. The Labute approximate surface area is 138 Å². The lowest BCUT2D eigenvalue weighted by Crippen LogP contribution is -2.49. The molecule has 0 aliphatic carbocycles. The fraction of sp³-hybridized carbons (Fsp3) is 0.278. The molecule has 1 saturated heterocycles. The maximum Gasteiger partial charge on any atom is 0.227 e. The molecule has 0 N–H and O–H groups in total. The van der Waals surface area contributed by atoms with Crippen LogP contribution in [0.1, 0.15) is 5.56 Å². The van der Waals surface area contributed by atoms with E-state index in [1.54, 1.807) is 21.9 Å². The second kappa shape index (κ2) is 6.95. The second-order valence-electron chi connectivity index (χ2n) is 5.74. The maximum atomic E-state index is 13.8. The minimum absolute atomic E-state index is 0.0388. The summed E-state index contributed by atoms with van der Waals surface area (Å²) in [7, 11) is 0. The van der Waals surface area contributed by atoms with Crippen molar-refractivity contribution in [3.05, 3.63) is 65.5 Å². The summed E-state index contributed by atoms with van der Waals surface area (Å²) >= 11 is 0. The van der Waals surface area contributed by atoms with Gasteiger partial charge in [0.25, 0.3) is 0 Å². The van der Waals surface area contributed by atoms with Crippen LogP contribution in [0, 0.1) is 17.5 Å². The van der Waals surface area contributed by atoms with Crippen molar-refractivity contribution in [1.29, 1.82) is 0 Å². The molecule has 2 aromatic carbocycles. The average molecular weight is 334 g/mol. The number of para-hydroxylation sites is 1. The van der Waals surface area contributed by atoms with Crippen LogP contribution >= 0.6 is 0 Å². The number of amides is 1. The second-order valence-corrected chi connectivity index (χ2v) is 5.74. The van der Waals surface area contributed by atoms with Gasteiger partial charge in [0.15, 0.2) is 0 Å². The molecule has 1 heterocycles. The van der Waals surface area contributed by atoms with Gasteiger partial charge in [0.1, 0.15) is 23.1 Å². The van der Waals surface area contributed by atoms with E-state index in [2.05, 4.69) is 0 Å². The standard InChI is InChI=1S/C18H17F3N2O/c19-14-6-4-13(5-7-14)12-17(24)22-8-10-23(11-9-22)18-15(20)2-1-3-16(18)21/h1-7H,8-12H2. The number of nitrogens with zero attached hydrogens (tertiary/aromatic N) is 2. The lowest BCUT2D eigenvalue weighted by Gasteiger charge is -2.36. The van der Waals surface area contributed by atoms with Crippen molar-refractivity contribution in [2.45, 2.75) is 6.42 Å². The largest absolute Gasteiger partial charge is 0.363 e. The third-order valence-electron chi connectivity index (χ3n) is 4.15. The molecule has 0 unspecified atom stereocenters. The summed E-state index contributed by atoms with van der Waals surface area (Å²) in [5.74, 6) is -1.61. The van der Waals surface area contributed by atoms with Gasteiger partial charge in [-0.25, -0.2) is 13.2 Å². The zero-order valence-corrected chi connectivity index (χ0v) is 13.0. The summed E-state index contributed by atoms with van der Waals surface area (Å²) in [4.78, 5) is 15.6. The summed E-state index contributed by atoms with van der Waals surface area (Å²) in [6.45, 7) is 1.53. The number of hydrogen-bond acceptors (Lipinski definition) is 2. The monoisotopic (exact) mass is 334 g/mol. The number of carbonyl (C=O) groups excluding carboxylic acids is 1. The molecule has 3 nitrogen and oxygen atoms in total. The third kappa shape index (κ3) is 3.53. The molecule has 24 heavy (non-hydrogen) atoms. The van der Waals surface area contributed by atoms with Crippen LogP contribution in [0.4, 0.5) is 18.9 Å². The van der Waals surface area contributed by atoms with Crippen molar-refractivity contribution < 1.29 is 18.0 Å². The summed E-state index contributed by atoms with van der Waals surface area (Å²) < 4.78 is 40.5. The minimum Gasteiger partial charge on any atom is -0.363 e. The van der Waals surface area contributed by atoms with E-state index in [9.17, 15) is 18.0 Å². The van der Waals surface area contributed by atoms with Gasteiger partial charge in [-0.1, -0.05) is 18.2 Å². The summed E-state index contributed by atoms with van der Waals surface area (Å²) in [6, 6.07) is 9.59. The van der Waals surface area contributed by atoms with Gasteiger partial charge in [-0.3, -0.25) is 4.79 Å². The van der Waals surface area contributed by atoms with Crippen molar-refractivity contribution in [1.82, 2.24) is 4.90 Å². The molecule has 0 saturated carbocycles. The quantitative estimate of drug-likeness (QED) is 0.861. The van der Waals surface area contributed by atoms with Crippen molar-refractivity contribution in [2.24, 2.45) is 0 Å². The zero-order chi connectivity index (χ0) is 17.1. The number of rotatable bonds is 3. The Morgan fingerprint density at radius 1 is 0.875 bits per heavy atom. The van der Waals surface area contributed by atoms with E-state index >= 15 is 0 Å². The van der Waals surface area contributed by atoms with Crippen LogP contribution in [0.5, 0.6) is 0 Å². The molecular weight excluding hydrogens is 317 g/mol. The van der Waals surface area contributed by atoms with E-state index in [1.807, 2.05) is 0 Å². The Bertz CT molecular complexity index is 705. The topological polar surface area (TPSA) is 23.6 Å². The fourth-order valence-electron chi connectivity index (χ4n) is 2.86. The van der Waals surface area contributed by atoms with Gasteiger partial charge in [0, 0.05) is 26.2 Å². The van der Waals surface area contributed by atoms with Crippen LogP contribution in [-0.2, 0) is 11.2 Å². The van der Waals surface area contributed by atoms with Gasteiger partial charge in [-0.2, -0.15) is 0 Å². The minimum atomic E-state index is -0.596. The number of piperazine rings is 1. The number of benzene rings is 2. The highest BCUT2D eigenvalue weighted by atomic mass is 19.1. The van der Waals surface area contributed by atoms with E-state index < -0.39 is 11.6 Å². The highest BCUT2D eigenvalue weighted by Crippen LogP contribution is 2.24. The number of hydrogen-bond donors (Lipinski definition) is 0. The van der Waals surface area contributed by atoms with Crippen LogP contribution in [0.25, 0.3) is 0 Å². The predicted octanol–water partition coefficient (Wildman–Crippen LogP) is 3.00. The lowest BCUT2D eigenvalue weighted by molar-refractivity contribution is -0.130. The highest BCUT2D eigenvalue weighted by molar-refractivity contribution is 5.79. The number of anilines is 1. The molecule has 0 bridgehead atoms. The fourth-order valence-corrected chi connectivity index (χ4v) is 2.86. The van der Waals surface area contributed by atoms with E-state index in [1.165, 1.54) is 30.3 Å². The molecule has 1 amide bonds. The van der Waals surface area contributed by atoms with Gasteiger partial charge in [0.05, 0.1) is 6.42 Å². The Balaban J connectivity index is 1.60. The van der Waals surface area contributed by atoms with Gasteiger partial charge >= 0.3 is 0 Å². The van der Waals surface area contributed by atoms with E-state index in [-0.39, 0.29) is 23.8 Å². The Kier molecular flexibility index (Phi) is 4.74. The maximum absolute atomic E-state index is 13.8. The molecule has 2 aromatic rings. The van der Waals surface area contributed by atoms with Crippen molar-refractivity contribution in [2.75, 3.05) is 31.1 Å². The van der Waals surface area contributed by atoms with Crippen LogP contribution in [0.15, 0.2) is 42.5 Å². The molecule has 1 aliphatic rings. The molecule has 0 radical (unpaired) electrons. The van der Waals surface area contributed by atoms with Crippen LogP contribution in [0.2, 0.25) is 0 Å². The average Bonchev–Trinajstić information content (AvgIpc) is 2.57. The SMILES string of the molecule is O=C(Cc1ccc(F)cc1)N1CCN(c2c(F)cccc2F)CC1. The molecule has 6 heteroatoms. The first-order valence-corrected chi connectivity index (χ1v) is 7.76. The van der Waals surface area contributed by atoms with Crippen molar-refractivity contribution >= 4 is 11.6 Å². The zero-order valence-electron chi connectivity index (χ0n) is 13.0. The van der Waals surface area contributed by atoms with Gasteiger partial charge < -0.3 is 9.80 Å². The Morgan fingerprint density at radius 3 is 2.04 bits per heavy atom. The first kappa shape index (κ1) is 16.4. The molecule has 0 aromatic heterocycles. The lowest BCUT2D eigenvalue weighted by atomic mass is 10.1. The number of carbonyl (C=O) groups is 1. The molecule has 0 spiro atoms. The molecule has 126 valence electrons. The number of halogens is 3. The molecule has 1 aliphatic heterocycles. The first-order chi connectivity index (χ1) is 11.5. The van der Waals surface area contributed by atoms with E-state index in [0.717, 1.165) is 5.56 Å². The predicted molar refractivity (Wildman–Crippen MR) is 85.3 cm³/mol. The Hall–Kier alpha value is -2.50. The molecule has 1 fully saturated rings. The van der Waals surface area contributed by atoms with Crippen LogP contribution in [0.3, 0.4) is 0 Å². The molecule has 3 rings (SSSR count).